The number of ketones is 1. The quantitative estimate of drug-likeness (QED) is 0.816. The van der Waals surface area contributed by atoms with Gasteiger partial charge in [0.1, 0.15) is 12.4 Å². The van der Waals surface area contributed by atoms with Crippen molar-refractivity contribution in [3.63, 3.8) is 0 Å². The first-order valence-electron chi connectivity index (χ1n) is 7.47. The summed E-state index contributed by atoms with van der Waals surface area (Å²) < 4.78 is 5.61. The number of Topliss-reactive ketones (excluding diaryl/α,β-unsaturated/α-hetero) is 1. The van der Waals surface area contributed by atoms with Gasteiger partial charge in [-0.3, -0.25) is 9.78 Å². The molecule has 0 radical (unpaired) electrons. The zero-order chi connectivity index (χ0) is 14.5. The third-order valence-corrected chi connectivity index (χ3v) is 3.86. The van der Waals surface area contributed by atoms with Gasteiger partial charge >= 0.3 is 0 Å². The van der Waals surface area contributed by atoms with E-state index in [1.54, 1.807) is 6.20 Å². The third kappa shape index (κ3) is 3.69. The maximum absolute atomic E-state index is 11.9. The summed E-state index contributed by atoms with van der Waals surface area (Å²) in [5, 5.41) is 0. The van der Waals surface area contributed by atoms with Crippen molar-refractivity contribution >= 4 is 5.78 Å². The van der Waals surface area contributed by atoms with Crippen molar-refractivity contribution < 1.29 is 9.53 Å². The summed E-state index contributed by atoms with van der Waals surface area (Å²) in [7, 11) is 0. The number of rotatable bonds is 6. The van der Waals surface area contributed by atoms with E-state index < -0.39 is 0 Å². The van der Waals surface area contributed by atoms with Crippen LogP contribution in [0.15, 0.2) is 42.6 Å². The molecular formula is C18H19NO2. The molecular weight excluding hydrogens is 262 g/mol. The van der Waals surface area contributed by atoms with E-state index in [9.17, 15) is 4.79 Å². The van der Waals surface area contributed by atoms with E-state index in [0.29, 0.717) is 12.8 Å². The van der Waals surface area contributed by atoms with Gasteiger partial charge in [0.15, 0.2) is 5.78 Å². The first-order chi connectivity index (χ1) is 10.3. The van der Waals surface area contributed by atoms with Crippen LogP contribution in [0.1, 0.15) is 29.7 Å². The van der Waals surface area contributed by atoms with E-state index in [0.717, 1.165) is 17.9 Å². The lowest BCUT2D eigenvalue weighted by Gasteiger charge is -2.07. The van der Waals surface area contributed by atoms with E-state index in [2.05, 4.69) is 17.1 Å². The lowest BCUT2D eigenvalue weighted by Crippen LogP contribution is -2.12. The van der Waals surface area contributed by atoms with E-state index in [4.69, 9.17) is 4.74 Å². The van der Waals surface area contributed by atoms with Crippen molar-refractivity contribution in [2.75, 3.05) is 6.61 Å². The SMILES string of the molecule is O=C(CCc1ccccn1)COc1ccc2c(c1)CCC2. The first kappa shape index (κ1) is 13.8. The van der Waals surface area contributed by atoms with E-state index in [1.165, 1.54) is 24.0 Å². The summed E-state index contributed by atoms with van der Waals surface area (Å²) in [6.45, 7) is 0.144. The molecule has 1 aromatic heterocycles. The molecule has 0 aliphatic heterocycles. The standard InChI is InChI=1S/C18H19NO2/c20-17(9-8-16-6-1-2-11-19-16)13-21-18-10-7-14-4-3-5-15(14)12-18/h1-2,6-7,10-12H,3-5,8-9,13H2. The maximum atomic E-state index is 11.9. The van der Waals surface area contributed by atoms with Crippen molar-refractivity contribution in [3.05, 3.63) is 59.4 Å². The number of fused-ring (bicyclic) bond motifs is 1. The summed E-state index contributed by atoms with van der Waals surface area (Å²) in [6, 6.07) is 11.9. The van der Waals surface area contributed by atoms with Gasteiger partial charge in [0, 0.05) is 18.3 Å². The predicted octanol–water partition coefficient (Wildman–Crippen LogP) is 3.15. The molecule has 21 heavy (non-hydrogen) atoms. The van der Waals surface area contributed by atoms with Gasteiger partial charge < -0.3 is 4.74 Å². The first-order valence-corrected chi connectivity index (χ1v) is 7.47. The van der Waals surface area contributed by atoms with Gasteiger partial charge in [-0.15, -0.1) is 0 Å². The topological polar surface area (TPSA) is 39.2 Å². The fraction of sp³-hybridized carbons (Fsp3) is 0.333. The Balaban J connectivity index is 1.47. The number of hydrogen-bond acceptors (Lipinski definition) is 3. The van der Waals surface area contributed by atoms with E-state index in [1.807, 2.05) is 24.3 Å². The van der Waals surface area contributed by atoms with Gasteiger partial charge in [-0.1, -0.05) is 12.1 Å². The van der Waals surface area contributed by atoms with Crippen molar-refractivity contribution in [3.8, 4) is 5.75 Å². The average molecular weight is 281 g/mol. The molecule has 0 saturated carbocycles. The molecule has 1 aliphatic rings. The number of carbonyl (C=O) groups excluding carboxylic acids is 1. The predicted molar refractivity (Wildman–Crippen MR) is 81.5 cm³/mol. The molecule has 3 nitrogen and oxygen atoms in total. The molecule has 0 saturated heterocycles. The smallest absolute Gasteiger partial charge is 0.170 e. The minimum atomic E-state index is 0.112. The molecule has 1 aliphatic carbocycles. The Morgan fingerprint density at radius 2 is 2.05 bits per heavy atom. The second kappa shape index (κ2) is 6.53. The maximum Gasteiger partial charge on any atom is 0.170 e. The van der Waals surface area contributed by atoms with Crippen LogP contribution in [0.3, 0.4) is 0 Å². The van der Waals surface area contributed by atoms with Crippen molar-refractivity contribution in [2.45, 2.75) is 32.1 Å². The average Bonchev–Trinajstić information content (AvgIpc) is 2.99. The third-order valence-electron chi connectivity index (χ3n) is 3.86. The highest BCUT2D eigenvalue weighted by atomic mass is 16.5. The number of aryl methyl sites for hydroxylation is 3. The summed E-state index contributed by atoms with van der Waals surface area (Å²) in [5.41, 5.74) is 3.74. The molecule has 1 aromatic carbocycles. The van der Waals surface area contributed by atoms with Crippen LogP contribution in [0.5, 0.6) is 5.75 Å². The monoisotopic (exact) mass is 281 g/mol. The molecule has 108 valence electrons. The van der Waals surface area contributed by atoms with Gasteiger partial charge in [-0.2, -0.15) is 0 Å². The van der Waals surface area contributed by atoms with Gasteiger partial charge in [-0.25, -0.2) is 0 Å². The number of hydrogen-bond donors (Lipinski definition) is 0. The molecule has 0 bridgehead atoms. The van der Waals surface area contributed by atoms with Crippen LogP contribution >= 0.6 is 0 Å². The molecule has 0 spiro atoms. The highest BCUT2D eigenvalue weighted by Gasteiger charge is 2.12. The van der Waals surface area contributed by atoms with Crippen LogP contribution in [0.4, 0.5) is 0 Å². The molecule has 2 aromatic rings. The van der Waals surface area contributed by atoms with Crippen LogP contribution < -0.4 is 4.74 Å². The number of benzene rings is 1. The van der Waals surface area contributed by atoms with Gasteiger partial charge in [-0.05, 0) is 61.1 Å². The van der Waals surface area contributed by atoms with Gasteiger partial charge in [0.25, 0.3) is 0 Å². The minimum absolute atomic E-state index is 0.112. The molecule has 0 unspecified atom stereocenters. The number of nitrogens with zero attached hydrogens (tertiary/aromatic N) is 1. The van der Waals surface area contributed by atoms with Crippen LogP contribution in [0.2, 0.25) is 0 Å². The number of aromatic nitrogens is 1. The second-order valence-electron chi connectivity index (χ2n) is 5.43. The summed E-state index contributed by atoms with van der Waals surface area (Å²) >= 11 is 0. The highest BCUT2D eigenvalue weighted by molar-refractivity contribution is 5.80. The van der Waals surface area contributed by atoms with Crippen molar-refractivity contribution in [1.29, 1.82) is 0 Å². The Labute approximate surface area is 125 Å². The largest absolute Gasteiger partial charge is 0.486 e. The van der Waals surface area contributed by atoms with E-state index >= 15 is 0 Å². The van der Waals surface area contributed by atoms with Gasteiger partial charge in [0.05, 0.1) is 0 Å². The Kier molecular flexibility index (Phi) is 4.29. The molecule has 3 rings (SSSR count). The summed E-state index contributed by atoms with van der Waals surface area (Å²) in [6.07, 6.45) is 6.41. The number of pyridine rings is 1. The zero-order valence-corrected chi connectivity index (χ0v) is 12.0. The van der Waals surface area contributed by atoms with Crippen LogP contribution in [0, 0.1) is 0 Å². The second-order valence-corrected chi connectivity index (χ2v) is 5.43. The fourth-order valence-corrected chi connectivity index (χ4v) is 2.69. The fourth-order valence-electron chi connectivity index (χ4n) is 2.69. The Morgan fingerprint density at radius 1 is 1.14 bits per heavy atom. The molecule has 1 heterocycles. The van der Waals surface area contributed by atoms with E-state index in [-0.39, 0.29) is 12.4 Å². The molecule has 0 amide bonds. The number of ether oxygens (including phenoxy) is 1. The van der Waals surface area contributed by atoms with Crippen LogP contribution in [0.25, 0.3) is 0 Å². The molecule has 3 heteroatoms. The van der Waals surface area contributed by atoms with Crippen LogP contribution in [-0.4, -0.2) is 17.4 Å². The van der Waals surface area contributed by atoms with Crippen molar-refractivity contribution in [1.82, 2.24) is 4.98 Å². The van der Waals surface area contributed by atoms with Gasteiger partial charge in [0.2, 0.25) is 0 Å². The summed E-state index contributed by atoms with van der Waals surface area (Å²) in [4.78, 5) is 16.1. The highest BCUT2D eigenvalue weighted by Crippen LogP contribution is 2.25. The summed E-state index contributed by atoms with van der Waals surface area (Å²) in [5.74, 6) is 0.919. The zero-order valence-electron chi connectivity index (χ0n) is 12.0. The number of carbonyl (C=O) groups is 1. The Hall–Kier alpha value is -2.16. The lowest BCUT2D eigenvalue weighted by molar-refractivity contribution is -0.121. The lowest BCUT2D eigenvalue weighted by atomic mass is 10.1. The molecule has 0 fully saturated rings. The normalized spacial score (nSPS) is 13.0. The Bertz CT molecular complexity index is 622. The van der Waals surface area contributed by atoms with Crippen LogP contribution in [-0.2, 0) is 24.1 Å². The minimum Gasteiger partial charge on any atom is -0.486 e. The Morgan fingerprint density at radius 3 is 2.90 bits per heavy atom. The molecule has 0 N–H and O–H groups in total. The van der Waals surface area contributed by atoms with Crippen molar-refractivity contribution in [2.24, 2.45) is 0 Å². The molecule has 0 atom stereocenters.